The maximum Gasteiger partial charge on any atom is 0.338 e. The molecule has 0 heterocycles. The summed E-state index contributed by atoms with van der Waals surface area (Å²) in [5, 5.41) is 22.0. The number of carbonyl (C=O) groups is 1. The Morgan fingerprint density at radius 2 is 1.70 bits per heavy atom. The number of rotatable bonds is 4. The lowest BCUT2D eigenvalue weighted by Crippen LogP contribution is -2.41. The lowest BCUT2D eigenvalue weighted by molar-refractivity contribution is -0.394. The Hall–Kier alpha value is -2.51. The van der Waals surface area contributed by atoms with Crippen LogP contribution in [-0.4, -0.2) is 21.9 Å². The van der Waals surface area contributed by atoms with Crippen molar-refractivity contribution in [3.63, 3.8) is 0 Å². The van der Waals surface area contributed by atoms with E-state index in [4.69, 9.17) is 4.74 Å². The molecule has 27 heavy (non-hydrogen) atoms. The Kier molecular flexibility index (Phi) is 5.17. The summed E-state index contributed by atoms with van der Waals surface area (Å²) < 4.78 is 5.61. The van der Waals surface area contributed by atoms with Gasteiger partial charge in [-0.05, 0) is 42.9 Å². The molecule has 0 radical (unpaired) electrons. The van der Waals surface area contributed by atoms with Crippen LogP contribution >= 0.6 is 0 Å². The minimum atomic E-state index is -0.750. The Bertz CT molecular complexity index is 743. The summed E-state index contributed by atoms with van der Waals surface area (Å²) in [5.41, 5.74) is -0.930. The highest BCUT2D eigenvalue weighted by Crippen LogP contribution is 2.51. The van der Waals surface area contributed by atoms with Crippen molar-refractivity contribution in [1.29, 1.82) is 0 Å². The smallest absolute Gasteiger partial charge is 0.338 e. The third-order valence-electron chi connectivity index (χ3n) is 6.18. The molecule has 1 aromatic carbocycles. The fourth-order valence-electron chi connectivity index (χ4n) is 4.75. The van der Waals surface area contributed by atoms with Crippen molar-refractivity contribution in [1.82, 2.24) is 0 Å². The third-order valence-corrected chi connectivity index (χ3v) is 6.18. The van der Waals surface area contributed by atoms with Crippen LogP contribution < -0.4 is 0 Å². The van der Waals surface area contributed by atoms with Crippen molar-refractivity contribution in [2.45, 2.75) is 58.5 Å². The van der Waals surface area contributed by atoms with Gasteiger partial charge in [0.1, 0.15) is 6.10 Å². The largest absolute Gasteiger partial charge is 0.459 e. The molecule has 2 fully saturated rings. The standard InChI is InChI=1S/C19H24N2O6/c1-19(2)7-3-4-12-5-6-16(11-17(12)19)27-18(22)13-8-14(20(23)24)10-15(9-13)21(25)26/h8-10,12,16-17H,3-7,11H2,1-2H3/t12-,16-,17-/m1/s1. The van der Waals surface area contributed by atoms with Crippen LogP contribution in [-0.2, 0) is 4.74 Å². The molecule has 0 bridgehead atoms. The summed E-state index contributed by atoms with van der Waals surface area (Å²) in [6, 6.07) is 2.91. The first-order chi connectivity index (χ1) is 12.7. The summed E-state index contributed by atoms with van der Waals surface area (Å²) in [6.07, 6.45) is 5.89. The van der Waals surface area contributed by atoms with E-state index < -0.39 is 27.2 Å². The number of esters is 1. The van der Waals surface area contributed by atoms with Gasteiger partial charge in [0.15, 0.2) is 0 Å². The number of nitrogens with zero attached hydrogens (tertiary/aromatic N) is 2. The molecule has 0 aliphatic heterocycles. The monoisotopic (exact) mass is 376 g/mol. The van der Waals surface area contributed by atoms with Gasteiger partial charge in [-0.15, -0.1) is 0 Å². The van der Waals surface area contributed by atoms with E-state index in [9.17, 15) is 25.0 Å². The molecule has 2 saturated carbocycles. The van der Waals surface area contributed by atoms with E-state index in [2.05, 4.69) is 13.8 Å². The maximum atomic E-state index is 12.5. The number of carbonyl (C=O) groups excluding carboxylic acids is 1. The Morgan fingerprint density at radius 3 is 2.30 bits per heavy atom. The van der Waals surface area contributed by atoms with Gasteiger partial charge < -0.3 is 4.74 Å². The molecule has 1 aromatic rings. The fourth-order valence-corrected chi connectivity index (χ4v) is 4.75. The molecule has 0 aromatic heterocycles. The summed E-state index contributed by atoms with van der Waals surface area (Å²) in [7, 11) is 0. The summed E-state index contributed by atoms with van der Waals surface area (Å²) >= 11 is 0. The van der Waals surface area contributed by atoms with Crippen LogP contribution in [0.5, 0.6) is 0 Å². The average Bonchev–Trinajstić information content (AvgIpc) is 2.61. The molecular formula is C19H24N2O6. The SMILES string of the molecule is CC1(C)CCC[C@@H]2CC[C@@H](OC(=O)c3cc([N+](=O)[O-])cc([N+](=O)[O-])c3)C[C@H]21. The molecule has 0 amide bonds. The van der Waals surface area contributed by atoms with E-state index in [0.29, 0.717) is 11.8 Å². The van der Waals surface area contributed by atoms with E-state index in [1.807, 2.05) is 0 Å². The molecule has 0 unspecified atom stereocenters. The van der Waals surface area contributed by atoms with Gasteiger partial charge in [-0.25, -0.2) is 4.79 Å². The lowest BCUT2D eigenvalue weighted by Gasteiger charge is -2.48. The van der Waals surface area contributed by atoms with Crippen molar-refractivity contribution < 1.29 is 19.4 Å². The van der Waals surface area contributed by atoms with Crippen LogP contribution in [0.15, 0.2) is 18.2 Å². The van der Waals surface area contributed by atoms with Gasteiger partial charge in [-0.2, -0.15) is 0 Å². The molecular weight excluding hydrogens is 352 g/mol. The molecule has 0 spiro atoms. The van der Waals surface area contributed by atoms with Crippen molar-refractivity contribution in [3.8, 4) is 0 Å². The van der Waals surface area contributed by atoms with Crippen LogP contribution in [0.2, 0.25) is 0 Å². The molecule has 2 aliphatic carbocycles. The average molecular weight is 376 g/mol. The third kappa shape index (κ3) is 4.09. The zero-order chi connectivity index (χ0) is 19.8. The van der Waals surface area contributed by atoms with E-state index in [0.717, 1.165) is 43.9 Å². The van der Waals surface area contributed by atoms with Gasteiger partial charge in [0.05, 0.1) is 21.5 Å². The maximum absolute atomic E-state index is 12.5. The molecule has 0 N–H and O–H groups in total. The number of ether oxygens (including phenoxy) is 1. The van der Waals surface area contributed by atoms with E-state index in [1.54, 1.807) is 0 Å². The molecule has 3 rings (SSSR count). The normalized spacial score (nSPS) is 26.7. The number of hydrogen-bond acceptors (Lipinski definition) is 6. The number of nitro benzene ring substituents is 2. The first-order valence-electron chi connectivity index (χ1n) is 9.32. The second-order valence-corrected chi connectivity index (χ2v) is 8.34. The molecule has 3 atom stereocenters. The van der Waals surface area contributed by atoms with E-state index in [1.165, 1.54) is 12.8 Å². The van der Waals surface area contributed by atoms with Gasteiger partial charge in [0, 0.05) is 12.1 Å². The number of non-ortho nitro benzene ring substituents is 2. The highest BCUT2D eigenvalue weighted by Gasteiger charge is 2.43. The number of hydrogen-bond donors (Lipinski definition) is 0. The van der Waals surface area contributed by atoms with Crippen molar-refractivity contribution >= 4 is 17.3 Å². The van der Waals surface area contributed by atoms with Gasteiger partial charge in [0.2, 0.25) is 0 Å². The summed E-state index contributed by atoms with van der Waals surface area (Å²) in [4.78, 5) is 33.0. The first-order valence-corrected chi connectivity index (χ1v) is 9.32. The van der Waals surface area contributed by atoms with Crippen molar-refractivity contribution in [3.05, 3.63) is 44.0 Å². The predicted molar refractivity (Wildman–Crippen MR) is 97.4 cm³/mol. The Balaban J connectivity index is 1.75. The minimum absolute atomic E-state index is 0.152. The number of nitro groups is 2. The van der Waals surface area contributed by atoms with Crippen LogP contribution in [0.4, 0.5) is 11.4 Å². The van der Waals surface area contributed by atoms with Gasteiger partial charge in [-0.1, -0.05) is 26.7 Å². The second kappa shape index (κ2) is 7.25. The number of fused-ring (bicyclic) bond motifs is 1. The van der Waals surface area contributed by atoms with E-state index >= 15 is 0 Å². The minimum Gasteiger partial charge on any atom is -0.459 e. The van der Waals surface area contributed by atoms with Crippen molar-refractivity contribution in [2.75, 3.05) is 0 Å². The Labute approximate surface area is 157 Å². The van der Waals surface area contributed by atoms with Gasteiger partial charge >= 0.3 is 5.97 Å². The first kappa shape index (κ1) is 19.3. The van der Waals surface area contributed by atoms with Gasteiger partial charge in [-0.3, -0.25) is 20.2 Å². The highest BCUT2D eigenvalue weighted by molar-refractivity contribution is 5.91. The zero-order valence-electron chi connectivity index (χ0n) is 15.6. The summed E-state index contributed by atoms with van der Waals surface area (Å²) in [5.74, 6) is 0.402. The molecule has 146 valence electrons. The fraction of sp³-hybridized carbons (Fsp3) is 0.632. The lowest BCUT2D eigenvalue weighted by atomic mass is 9.58. The highest BCUT2D eigenvalue weighted by atomic mass is 16.6. The Morgan fingerprint density at radius 1 is 1.07 bits per heavy atom. The quantitative estimate of drug-likeness (QED) is 0.429. The van der Waals surface area contributed by atoms with Crippen LogP contribution in [0.3, 0.4) is 0 Å². The van der Waals surface area contributed by atoms with Crippen LogP contribution in [0, 0.1) is 37.5 Å². The van der Waals surface area contributed by atoms with E-state index in [-0.39, 0.29) is 17.1 Å². The molecule has 8 heteroatoms. The number of benzene rings is 1. The molecule has 2 aliphatic rings. The van der Waals surface area contributed by atoms with Gasteiger partial charge in [0.25, 0.3) is 11.4 Å². The molecule has 0 saturated heterocycles. The topological polar surface area (TPSA) is 113 Å². The van der Waals surface area contributed by atoms with Crippen LogP contribution in [0.1, 0.15) is 62.7 Å². The van der Waals surface area contributed by atoms with Crippen LogP contribution in [0.25, 0.3) is 0 Å². The van der Waals surface area contributed by atoms with Crippen molar-refractivity contribution in [2.24, 2.45) is 17.3 Å². The predicted octanol–water partition coefficient (Wildman–Crippen LogP) is 4.65. The zero-order valence-corrected chi connectivity index (χ0v) is 15.6. The second-order valence-electron chi connectivity index (χ2n) is 8.34. The molecule has 8 nitrogen and oxygen atoms in total. The summed E-state index contributed by atoms with van der Waals surface area (Å²) in [6.45, 7) is 4.52.